The van der Waals surface area contributed by atoms with Gasteiger partial charge in [-0.3, -0.25) is 4.57 Å². The smallest absolute Gasteiger partial charge is 0.347 e. The van der Waals surface area contributed by atoms with Crippen molar-refractivity contribution < 1.29 is 14.2 Å². The summed E-state index contributed by atoms with van der Waals surface area (Å²) in [5.74, 6) is -0.314. The van der Waals surface area contributed by atoms with E-state index in [1.165, 1.54) is 30.0 Å². The minimum atomic E-state index is -0.475. The predicted octanol–water partition coefficient (Wildman–Crippen LogP) is 0.974. The molecule has 106 valence electrons. The van der Waals surface area contributed by atoms with Gasteiger partial charge < -0.3 is 9.84 Å². The van der Waals surface area contributed by atoms with Crippen LogP contribution in [0.5, 0.6) is 5.75 Å². The molecule has 0 aliphatic heterocycles. The van der Waals surface area contributed by atoms with Crippen molar-refractivity contribution in [2.45, 2.75) is 13.0 Å². The van der Waals surface area contributed by atoms with Gasteiger partial charge in [-0.05, 0) is 29.7 Å². The van der Waals surface area contributed by atoms with Gasteiger partial charge in [0.2, 0.25) is 0 Å². The lowest BCUT2D eigenvalue weighted by molar-refractivity contribution is 0.299. The van der Waals surface area contributed by atoms with Gasteiger partial charge in [-0.1, -0.05) is 6.07 Å². The van der Waals surface area contributed by atoms with Crippen molar-refractivity contribution in [1.82, 2.24) is 9.55 Å². The lowest BCUT2D eigenvalue weighted by Gasteiger charge is -2.08. The lowest BCUT2D eigenvalue weighted by atomic mass is 10.2. The number of aromatic nitrogens is 2. The first-order chi connectivity index (χ1) is 9.63. The second kappa shape index (κ2) is 6.29. The van der Waals surface area contributed by atoms with Gasteiger partial charge in [-0.15, -0.1) is 0 Å². The summed E-state index contributed by atoms with van der Waals surface area (Å²) in [6.45, 7) is 0.197. The average Bonchev–Trinajstić information content (AvgIpc) is 2.43. The summed E-state index contributed by atoms with van der Waals surface area (Å²) in [5, 5.41) is 8.89. The van der Waals surface area contributed by atoms with Crippen LogP contribution >= 0.6 is 0 Å². The molecule has 1 N–H and O–H groups in total. The van der Waals surface area contributed by atoms with E-state index in [-0.39, 0.29) is 18.9 Å². The molecule has 5 nitrogen and oxygen atoms in total. The molecule has 6 heteroatoms. The minimum absolute atomic E-state index is 0.0168. The number of aliphatic hydroxyl groups is 1. The fourth-order valence-corrected chi connectivity index (χ4v) is 1.88. The molecule has 0 amide bonds. The fourth-order valence-electron chi connectivity index (χ4n) is 1.88. The van der Waals surface area contributed by atoms with Crippen LogP contribution in [-0.4, -0.2) is 28.4 Å². The molecule has 1 aromatic carbocycles. The highest BCUT2D eigenvalue weighted by atomic mass is 19.1. The zero-order valence-electron chi connectivity index (χ0n) is 11.0. The number of ether oxygens (including phenoxy) is 1. The number of halogens is 1. The lowest BCUT2D eigenvalue weighted by Crippen LogP contribution is -2.23. The van der Waals surface area contributed by atoms with Crippen LogP contribution in [0.3, 0.4) is 0 Å². The zero-order valence-corrected chi connectivity index (χ0v) is 11.0. The average molecular weight is 278 g/mol. The van der Waals surface area contributed by atoms with Gasteiger partial charge in [0.15, 0.2) is 11.6 Å². The third-order valence-electron chi connectivity index (χ3n) is 2.88. The van der Waals surface area contributed by atoms with Crippen molar-refractivity contribution in [2.75, 3.05) is 13.7 Å². The standard InChI is InChI=1S/C14H15FN2O3/c1-20-13-3-2-10(6-12(13)15)8-17-9-11(4-5-18)7-16-14(17)19/h2-3,6-7,9,18H,4-5,8H2,1H3. The van der Waals surface area contributed by atoms with E-state index in [2.05, 4.69) is 4.98 Å². The van der Waals surface area contributed by atoms with Crippen molar-refractivity contribution in [2.24, 2.45) is 0 Å². The van der Waals surface area contributed by atoms with Crippen molar-refractivity contribution in [3.05, 3.63) is 58.0 Å². The Morgan fingerprint density at radius 2 is 2.20 bits per heavy atom. The first-order valence-electron chi connectivity index (χ1n) is 6.12. The molecule has 2 aromatic rings. The number of methoxy groups -OCH3 is 1. The van der Waals surface area contributed by atoms with Crippen LogP contribution in [-0.2, 0) is 13.0 Å². The molecule has 2 rings (SSSR count). The topological polar surface area (TPSA) is 64.3 Å². The van der Waals surface area contributed by atoms with Crippen LogP contribution in [0.25, 0.3) is 0 Å². The maximum Gasteiger partial charge on any atom is 0.347 e. The van der Waals surface area contributed by atoms with Crippen LogP contribution in [0.2, 0.25) is 0 Å². The Labute approximate surface area is 115 Å². The summed E-state index contributed by atoms with van der Waals surface area (Å²) < 4.78 is 19.8. The molecule has 0 unspecified atom stereocenters. The first kappa shape index (κ1) is 14.2. The van der Waals surface area contributed by atoms with E-state index in [4.69, 9.17) is 9.84 Å². The Kier molecular flexibility index (Phi) is 4.47. The van der Waals surface area contributed by atoms with Crippen molar-refractivity contribution in [3.8, 4) is 5.75 Å². The van der Waals surface area contributed by atoms with Gasteiger partial charge in [0.25, 0.3) is 0 Å². The van der Waals surface area contributed by atoms with E-state index in [1.807, 2.05) is 0 Å². The molecule has 0 saturated carbocycles. The van der Waals surface area contributed by atoms with Crippen molar-refractivity contribution in [1.29, 1.82) is 0 Å². The Balaban J connectivity index is 2.27. The second-order valence-corrected chi connectivity index (χ2v) is 4.32. The largest absolute Gasteiger partial charge is 0.494 e. The fraction of sp³-hybridized carbons (Fsp3) is 0.286. The molecule has 0 bridgehead atoms. The van der Waals surface area contributed by atoms with Gasteiger partial charge in [0, 0.05) is 19.0 Å². The quantitative estimate of drug-likeness (QED) is 0.885. The maximum absolute atomic E-state index is 13.6. The molecule has 0 saturated heterocycles. The number of nitrogens with zero attached hydrogens (tertiary/aromatic N) is 2. The van der Waals surface area contributed by atoms with Crippen LogP contribution in [0.15, 0.2) is 35.4 Å². The Hall–Kier alpha value is -2.21. The molecule has 20 heavy (non-hydrogen) atoms. The van der Waals surface area contributed by atoms with Crippen LogP contribution in [0, 0.1) is 5.82 Å². The molecular weight excluding hydrogens is 263 g/mol. The van der Waals surface area contributed by atoms with Gasteiger partial charge in [-0.2, -0.15) is 0 Å². The van der Waals surface area contributed by atoms with E-state index in [0.717, 1.165) is 5.56 Å². The Bertz CT molecular complexity index is 655. The normalized spacial score (nSPS) is 10.6. The van der Waals surface area contributed by atoms with Crippen molar-refractivity contribution >= 4 is 0 Å². The number of hydrogen-bond donors (Lipinski definition) is 1. The highest BCUT2D eigenvalue weighted by Gasteiger charge is 2.06. The first-order valence-corrected chi connectivity index (χ1v) is 6.12. The molecule has 0 fully saturated rings. The Morgan fingerprint density at radius 1 is 1.40 bits per heavy atom. The summed E-state index contributed by atoms with van der Waals surface area (Å²) in [6, 6.07) is 4.53. The van der Waals surface area contributed by atoms with Gasteiger partial charge in [-0.25, -0.2) is 14.2 Å². The van der Waals surface area contributed by atoms with E-state index >= 15 is 0 Å². The second-order valence-electron chi connectivity index (χ2n) is 4.32. The third kappa shape index (κ3) is 3.21. The summed E-state index contributed by atoms with van der Waals surface area (Å²) in [5.41, 5.74) is 0.970. The highest BCUT2D eigenvalue weighted by molar-refractivity contribution is 5.29. The van der Waals surface area contributed by atoms with Crippen molar-refractivity contribution in [3.63, 3.8) is 0 Å². The van der Waals surface area contributed by atoms with Gasteiger partial charge >= 0.3 is 5.69 Å². The minimum Gasteiger partial charge on any atom is -0.494 e. The molecule has 1 heterocycles. The monoisotopic (exact) mass is 278 g/mol. The summed E-state index contributed by atoms with van der Waals surface area (Å²) in [4.78, 5) is 15.4. The third-order valence-corrected chi connectivity index (χ3v) is 2.88. The van der Waals surface area contributed by atoms with Crippen LogP contribution in [0.1, 0.15) is 11.1 Å². The number of hydrogen-bond acceptors (Lipinski definition) is 4. The molecule has 0 radical (unpaired) electrons. The van der Waals surface area contributed by atoms with E-state index in [9.17, 15) is 9.18 Å². The highest BCUT2D eigenvalue weighted by Crippen LogP contribution is 2.18. The number of aliphatic hydroxyl groups excluding tert-OH is 1. The summed E-state index contributed by atoms with van der Waals surface area (Å²) >= 11 is 0. The van der Waals surface area contributed by atoms with E-state index < -0.39 is 11.5 Å². The molecular formula is C14H15FN2O3. The van der Waals surface area contributed by atoms with Gasteiger partial charge in [0.05, 0.1) is 13.7 Å². The predicted molar refractivity (Wildman–Crippen MR) is 71.3 cm³/mol. The molecule has 1 aromatic heterocycles. The SMILES string of the molecule is COc1ccc(Cn2cc(CCO)cnc2=O)cc1F. The maximum atomic E-state index is 13.6. The van der Waals surface area contributed by atoms with Crippen LogP contribution in [0.4, 0.5) is 4.39 Å². The number of rotatable bonds is 5. The van der Waals surface area contributed by atoms with Crippen LogP contribution < -0.4 is 10.4 Å². The summed E-state index contributed by atoms with van der Waals surface area (Å²) in [7, 11) is 1.39. The zero-order chi connectivity index (χ0) is 14.5. The van der Waals surface area contributed by atoms with E-state index in [0.29, 0.717) is 12.0 Å². The molecule has 0 spiro atoms. The van der Waals surface area contributed by atoms with Gasteiger partial charge in [0.1, 0.15) is 0 Å². The Morgan fingerprint density at radius 3 is 2.85 bits per heavy atom. The molecule has 0 aliphatic carbocycles. The summed E-state index contributed by atoms with van der Waals surface area (Å²) in [6.07, 6.45) is 3.47. The molecule has 0 aliphatic rings. The number of benzene rings is 1. The molecule has 0 atom stereocenters. The van der Waals surface area contributed by atoms with E-state index in [1.54, 1.807) is 12.3 Å².